The summed E-state index contributed by atoms with van der Waals surface area (Å²) in [6.07, 6.45) is 20.8. The second kappa shape index (κ2) is 12.8. The molecule has 0 spiro atoms. The van der Waals surface area contributed by atoms with E-state index in [0.29, 0.717) is 29.7 Å². The van der Waals surface area contributed by atoms with Crippen molar-refractivity contribution in [3.63, 3.8) is 0 Å². The van der Waals surface area contributed by atoms with Gasteiger partial charge in [0.25, 0.3) is 0 Å². The van der Waals surface area contributed by atoms with Gasteiger partial charge in [0.15, 0.2) is 0 Å². The largest absolute Gasteiger partial charge is 0.352 e. The van der Waals surface area contributed by atoms with Crippen LogP contribution in [0.15, 0.2) is 24.3 Å². The van der Waals surface area contributed by atoms with E-state index in [-0.39, 0.29) is 5.92 Å². The normalized spacial score (nSPS) is 29.5. The minimum absolute atomic E-state index is 0.134. The van der Waals surface area contributed by atoms with Gasteiger partial charge in [-0.1, -0.05) is 83.1 Å². The molecule has 1 heterocycles. The molecule has 1 aliphatic heterocycles. The van der Waals surface area contributed by atoms with E-state index in [2.05, 4.69) is 43.2 Å². The van der Waals surface area contributed by atoms with Gasteiger partial charge in [-0.15, -0.1) is 0 Å². The lowest BCUT2D eigenvalue weighted by atomic mass is 9.75. The number of carbonyl (C=O) groups is 1. The van der Waals surface area contributed by atoms with Crippen molar-refractivity contribution in [2.24, 2.45) is 29.6 Å². The maximum absolute atomic E-state index is 13.3. The van der Waals surface area contributed by atoms with E-state index in [0.717, 1.165) is 38.3 Å². The lowest BCUT2D eigenvalue weighted by Crippen LogP contribution is -2.51. The summed E-state index contributed by atoms with van der Waals surface area (Å²) in [5, 5.41) is 7.07. The van der Waals surface area contributed by atoms with Crippen LogP contribution in [-0.2, 0) is 4.79 Å². The van der Waals surface area contributed by atoms with E-state index in [1.807, 2.05) is 0 Å². The molecular formula is C28H48N2O. The summed E-state index contributed by atoms with van der Waals surface area (Å²) in [5.41, 5.74) is 1.34. The summed E-state index contributed by atoms with van der Waals surface area (Å²) >= 11 is 0. The van der Waals surface area contributed by atoms with Crippen molar-refractivity contribution in [3.8, 4) is 0 Å². The highest BCUT2D eigenvalue weighted by Gasteiger charge is 2.34. The molecule has 3 nitrogen and oxygen atoms in total. The van der Waals surface area contributed by atoms with Gasteiger partial charge in [-0.2, -0.15) is 0 Å². The zero-order valence-electron chi connectivity index (χ0n) is 20.3. The lowest BCUT2D eigenvalue weighted by molar-refractivity contribution is -0.127. The average Bonchev–Trinajstić information content (AvgIpc) is 2.79. The zero-order valence-corrected chi connectivity index (χ0v) is 20.3. The van der Waals surface area contributed by atoms with Crippen LogP contribution in [0.3, 0.4) is 0 Å². The van der Waals surface area contributed by atoms with E-state index in [1.54, 1.807) is 0 Å². The van der Waals surface area contributed by atoms with Gasteiger partial charge in [0.1, 0.15) is 0 Å². The second-order valence-electron chi connectivity index (χ2n) is 10.8. The van der Waals surface area contributed by atoms with E-state index in [1.165, 1.54) is 69.8 Å². The maximum atomic E-state index is 13.3. The molecule has 2 saturated carbocycles. The molecule has 2 fully saturated rings. The van der Waals surface area contributed by atoms with Crippen molar-refractivity contribution in [1.29, 1.82) is 0 Å². The minimum Gasteiger partial charge on any atom is -0.352 e. The number of hydrogen-bond acceptors (Lipinski definition) is 2. The molecule has 0 radical (unpaired) electrons. The molecule has 0 bridgehead atoms. The fourth-order valence-electron chi connectivity index (χ4n) is 6.35. The summed E-state index contributed by atoms with van der Waals surface area (Å²) in [4.78, 5) is 13.3. The number of allylic oxidation sites excluding steroid dienone is 1. The van der Waals surface area contributed by atoms with Crippen molar-refractivity contribution in [3.05, 3.63) is 24.3 Å². The molecule has 0 aromatic rings. The van der Waals surface area contributed by atoms with Crippen LogP contribution in [0.2, 0.25) is 0 Å². The Labute approximate surface area is 191 Å². The van der Waals surface area contributed by atoms with Crippen molar-refractivity contribution >= 4 is 5.91 Å². The number of amides is 1. The molecule has 1 amide bonds. The Morgan fingerprint density at radius 3 is 2.68 bits per heavy atom. The van der Waals surface area contributed by atoms with Gasteiger partial charge in [0, 0.05) is 31.0 Å². The summed E-state index contributed by atoms with van der Waals surface area (Å²) < 4.78 is 0. The summed E-state index contributed by atoms with van der Waals surface area (Å²) in [5.74, 6) is 2.99. The monoisotopic (exact) mass is 428 g/mol. The topological polar surface area (TPSA) is 41.1 Å². The molecule has 3 aliphatic rings. The van der Waals surface area contributed by atoms with Gasteiger partial charge in [-0.05, 0) is 56.3 Å². The molecule has 0 saturated heterocycles. The molecule has 2 aliphatic carbocycles. The Morgan fingerprint density at radius 2 is 2.00 bits per heavy atom. The SMILES string of the molecule is C=C1CC(C(=O)NC(C2C=CCNC2)C2CCCCC2)CCC1CCCC(C)CCC. The smallest absolute Gasteiger partial charge is 0.223 e. The van der Waals surface area contributed by atoms with Crippen LogP contribution < -0.4 is 10.6 Å². The number of carbonyl (C=O) groups excluding carboxylic acids is 1. The highest BCUT2D eigenvalue weighted by Crippen LogP contribution is 2.37. The molecule has 176 valence electrons. The molecule has 2 N–H and O–H groups in total. The Kier molecular flexibility index (Phi) is 10.2. The fraction of sp³-hybridized carbons (Fsp3) is 0.821. The van der Waals surface area contributed by atoms with E-state index < -0.39 is 0 Å². The first-order valence-electron chi connectivity index (χ1n) is 13.4. The highest BCUT2D eigenvalue weighted by atomic mass is 16.1. The van der Waals surface area contributed by atoms with E-state index in [4.69, 9.17) is 0 Å². The average molecular weight is 429 g/mol. The lowest BCUT2D eigenvalue weighted by Gasteiger charge is -2.38. The van der Waals surface area contributed by atoms with Gasteiger partial charge in [-0.3, -0.25) is 4.79 Å². The van der Waals surface area contributed by atoms with Crippen LogP contribution in [0.1, 0.15) is 97.3 Å². The molecule has 5 unspecified atom stereocenters. The van der Waals surface area contributed by atoms with Crippen LogP contribution in [0.5, 0.6) is 0 Å². The van der Waals surface area contributed by atoms with Crippen LogP contribution in [-0.4, -0.2) is 25.0 Å². The zero-order chi connectivity index (χ0) is 22.1. The molecule has 31 heavy (non-hydrogen) atoms. The van der Waals surface area contributed by atoms with Gasteiger partial charge in [0.2, 0.25) is 5.91 Å². The Morgan fingerprint density at radius 1 is 1.19 bits per heavy atom. The van der Waals surface area contributed by atoms with Crippen LogP contribution in [0, 0.1) is 29.6 Å². The van der Waals surface area contributed by atoms with E-state index >= 15 is 0 Å². The van der Waals surface area contributed by atoms with Crippen LogP contribution in [0.25, 0.3) is 0 Å². The summed E-state index contributed by atoms with van der Waals surface area (Å²) in [7, 11) is 0. The predicted octanol–water partition coefficient (Wildman–Crippen LogP) is 6.41. The first kappa shape index (κ1) is 24.6. The second-order valence-corrected chi connectivity index (χ2v) is 10.8. The van der Waals surface area contributed by atoms with Crippen molar-refractivity contribution in [2.75, 3.05) is 13.1 Å². The highest BCUT2D eigenvalue weighted by molar-refractivity contribution is 5.79. The van der Waals surface area contributed by atoms with Gasteiger partial charge >= 0.3 is 0 Å². The summed E-state index contributed by atoms with van der Waals surface area (Å²) in [6.45, 7) is 11.0. The predicted molar refractivity (Wildman–Crippen MR) is 132 cm³/mol. The van der Waals surface area contributed by atoms with E-state index in [9.17, 15) is 4.79 Å². The van der Waals surface area contributed by atoms with Crippen molar-refractivity contribution < 1.29 is 4.79 Å². The fourth-order valence-corrected chi connectivity index (χ4v) is 6.35. The maximum Gasteiger partial charge on any atom is 0.223 e. The molecule has 0 aromatic heterocycles. The van der Waals surface area contributed by atoms with Crippen molar-refractivity contribution in [2.45, 2.75) is 103 Å². The molecule has 3 rings (SSSR count). The molecule has 0 aromatic carbocycles. The minimum atomic E-state index is 0.134. The number of nitrogens with one attached hydrogen (secondary N) is 2. The Hall–Kier alpha value is -1.09. The first-order valence-corrected chi connectivity index (χ1v) is 13.4. The number of hydrogen-bond donors (Lipinski definition) is 2. The number of rotatable bonds is 10. The first-order chi connectivity index (χ1) is 15.1. The standard InChI is InChI=1S/C28H48N2O/c1-4-10-21(2)11-8-14-23-16-17-25(19-22(23)3)28(31)30-27(24-12-6-5-7-13-24)26-15-9-18-29-20-26/h9,15,21,23-27,29H,3-8,10-14,16-20H2,1-2H3,(H,30,31). The third-order valence-corrected chi connectivity index (χ3v) is 8.30. The summed E-state index contributed by atoms with van der Waals surface area (Å²) in [6, 6.07) is 0.294. The Bertz CT molecular complexity index is 592. The van der Waals surface area contributed by atoms with Crippen molar-refractivity contribution in [1.82, 2.24) is 10.6 Å². The third-order valence-electron chi connectivity index (χ3n) is 8.30. The molecule has 5 atom stereocenters. The van der Waals surface area contributed by atoms with Gasteiger partial charge in [-0.25, -0.2) is 0 Å². The van der Waals surface area contributed by atoms with Crippen LogP contribution in [0.4, 0.5) is 0 Å². The third kappa shape index (κ3) is 7.48. The quantitative estimate of drug-likeness (QED) is 0.395. The molecule has 3 heteroatoms. The van der Waals surface area contributed by atoms with Gasteiger partial charge in [0.05, 0.1) is 0 Å². The van der Waals surface area contributed by atoms with Gasteiger partial charge < -0.3 is 10.6 Å². The molecular weight excluding hydrogens is 380 g/mol. The Balaban J connectivity index is 1.50. The van der Waals surface area contributed by atoms with Crippen LogP contribution >= 0.6 is 0 Å².